The van der Waals surface area contributed by atoms with Gasteiger partial charge in [0.1, 0.15) is 6.33 Å². The van der Waals surface area contributed by atoms with Gasteiger partial charge in [-0.2, -0.15) is 0 Å². The molecule has 3 N–H and O–H groups in total. The average Bonchev–Trinajstić information content (AvgIpc) is 2.76. The lowest BCUT2D eigenvalue weighted by atomic mass is 10.1. The minimum absolute atomic E-state index is 0.0743. The van der Waals surface area contributed by atoms with Crippen molar-refractivity contribution in [3.05, 3.63) is 16.4 Å². The number of aromatic nitrogens is 2. The summed E-state index contributed by atoms with van der Waals surface area (Å²) in [6.07, 6.45) is 2.00. The number of nitrogens with two attached hydrogens (primary N) is 1. The highest BCUT2D eigenvalue weighted by Crippen LogP contribution is 2.32. The van der Waals surface area contributed by atoms with Crippen LogP contribution in [0.25, 0.3) is 0 Å². The molecule has 8 heteroatoms. The maximum Gasteiger partial charge on any atom is 0.353 e. The zero-order chi connectivity index (χ0) is 12.4. The number of anilines is 2. The SMILES string of the molecule is Nc1ncnc(N2CCC(CO)C2)c1[N+](=O)[O-]. The second-order valence-corrected chi connectivity index (χ2v) is 3.97. The largest absolute Gasteiger partial charge is 0.396 e. The van der Waals surface area contributed by atoms with Crippen LogP contribution in [0.15, 0.2) is 6.33 Å². The molecule has 1 aromatic heterocycles. The van der Waals surface area contributed by atoms with E-state index in [1.165, 1.54) is 6.33 Å². The second-order valence-electron chi connectivity index (χ2n) is 3.97. The van der Waals surface area contributed by atoms with E-state index in [2.05, 4.69) is 9.97 Å². The molecule has 1 fully saturated rings. The van der Waals surface area contributed by atoms with Gasteiger partial charge in [0.2, 0.25) is 11.6 Å². The normalized spacial score (nSPS) is 19.6. The van der Waals surface area contributed by atoms with Gasteiger partial charge in [0, 0.05) is 25.6 Å². The predicted octanol–water partition coefficient (Wildman–Crippen LogP) is -0.214. The molecule has 92 valence electrons. The first kappa shape index (κ1) is 11.5. The number of hydrogen-bond donors (Lipinski definition) is 2. The van der Waals surface area contributed by atoms with Crippen molar-refractivity contribution in [3.63, 3.8) is 0 Å². The molecule has 1 unspecified atom stereocenters. The monoisotopic (exact) mass is 239 g/mol. The molecule has 17 heavy (non-hydrogen) atoms. The van der Waals surface area contributed by atoms with Crippen molar-refractivity contribution in [2.75, 3.05) is 30.3 Å². The summed E-state index contributed by atoms with van der Waals surface area (Å²) in [5.41, 5.74) is 5.23. The van der Waals surface area contributed by atoms with E-state index in [1.54, 1.807) is 4.90 Å². The summed E-state index contributed by atoms with van der Waals surface area (Å²) in [6, 6.07) is 0. The molecule has 2 heterocycles. The van der Waals surface area contributed by atoms with E-state index in [0.29, 0.717) is 13.1 Å². The Balaban J connectivity index is 2.33. The number of nitro groups is 1. The molecule has 1 saturated heterocycles. The molecule has 8 nitrogen and oxygen atoms in total. The first-order chi connectivity index (χ1) is 8.13. The maximum atomic E-state index is 10.9. The van der Waals surface area contributed by atoms with Crippen molar-refractivity contribution in [2.24, 2.45) is 5.92 Å². The van der Waals surface area contributed by atoms with E-state index in [-0.39, 0.29) is 29.8 Å². The molecule has 0 radical (unpaired) electrons. The third-order valence-electron chi connectivity index (χ3n) is 2.86. The molecule has 0 saturated carbocycles. The van der Waals surface area contributed by atoms with Gasteiger partial charge in [-0.15, -0.1) is 0 Å². The zero-order valence-electron chi connectivity index (χ0n) is 9.11. The van der Waals surface area contributed by atoms with Crippen LogP contribution in [0.3, 0.4) is 0 Å². The Bertz CT molecular complexity index is 439. The van der Waals surface area contributed by atoms with E-state index < -0.39 is 4.92 Å². The van der Waals surface area contributed by atoms with Gasteiger partial charge >= 0.3 is 5.69 Å². The highest BCUT2D eigenvalue weighted by atomic mass is 16.6. The van der Waals surface area contributed by atoms with Crippen molar-refractivity contribution in [1.29, 1.82) is 0 Å². The Morgan fingerprint density at radius 2 is 2.41 bits per heavy atom. The predicted molar refractivity (Wildman–Crippen MR) is 60.5 cm³/mol. The Hall–Kier alpha value is -1.96. The Labute approximate surface area is 97.2 Å². The minimum Gasteiger partial charge on any atom is -0.396 e. The third kappa shape index (κ3) is 2.11. The molecule has 1 aliphatic heterocycles. The van der Waals surface area contributed by atoms with E-state index in [4.69, 9.17) is 10.8 Å². The first-order valence-corrected chi connectivity index (χ1v) is 5.24. The molecule has 1 atom stereocenters. The van der Waals surface area contributed by atoms with Gasteiger partial charge < -0.3 is 15.7 Å². The van der Waals surface area contributed by atoms with Crippen LogP contribution >= 0.6 is 0 Å². The van der Waals surface area contributed by atoms with Crippen molar-refractivity contribution in [3.8, 4) is 0 Å². The van der Waals surface area contributed by atoms with Gasteiger partial charge in [-0.1, -0.05) is 0 Å². The Kier molecular flexibility index (Phi) is 3.05. The quantitative estimate of drug-likeness (QED) is 0.553. The lowest BCUT2D eigenvalue weighted by Crippen LogP contribution is -2.23. The van der Waals surface area contributed by atoms with Crippen molar-refractivity contribution in [2.45, 2.75) is 6.42 Å². The number of hydrogen-bond acceptors (Lipinski definition) is 7. The number of aliphatic hydroxyl groups is 1. The number of nitrogens with zero attached hydrogens (tertiary/aromatic N) is 4. The molecule has 2 rings (SSSR count). The van der Waals surface area contributed by atoms with Crippen LogP contribution in [0.1, 0.15) is 6.42 Å². The minimum atomic E-state index is -0.572. The number of nitrogen functional groups attached to an aromatic ring is 1. The number of aliphatic hydroxyl groups excluding tert-OH is 1. The van der Waals surface area contributed by atoms with E-state index in [1.807, 2.05) is 0 Å². The fourth-order valence-electron chi connectivity index (χ4n) is 1.96. The van der Waals surface area contributed by atoms with Gasteiger partial charge in [-0.05, 0) is 6.42 Å². The van der Waals surface area contributed by atoms with Crippen molar-refractivity contribution < 1.29 is 10.0 Å². The van der Waals surface area contributed by atoms with Crippen LogP contribution < -0.4 is 10.6 Å². The van der Waals surface area contributed by atoms with Crippen LogP contribution in [0.5, 0.6) is 0 Å². The van der Waals surface area contributed by atoms with Crippen LogP contribution in [0.4, 0.5) is 17.3 Å². The molecular weight excluding hydrogens is 226 g/mol. The molecular formula is C9H13N5O3. The van der Waals surface area contributed by atoms with Crippen LogP contribution in [0, 0.1) is 16.0 Å². The van der Waals surface area contributed by atoms with E-state index in [0.717, 1.165) is 6.42 Å². The molecule has 0 aromatic carbocycles. The fourth-order valence-corrected chi connectivity index (χ4v) is 1.96. The summed E-state index contributed by atoms with van der Waals surface area (Å²) in [5, 5.41) is 20.0. The topological polar surface area (TPSA) is 118 Å². The lowest BCUT2D eigenvalue weighted by molar-refractivity contribution is -0.383. The first-order valence-electron chi connectivity index (χ1n) is 5.24. The summed E-state index contributed by atoms with van der Waals surface area (Å²) in [6.45, 7) is 1.25. The summed E-state index contributed by atoms with van der Waals surface area (Å²) in [5.74, 6) is 0.233. The highest BCUT2D eigenvalue weighted by Gasteiger charge is 2.30. The van der Waals surface area contributed by atoms with E-state index >= 15 is 0 Å². The van der Waals surface area contributed by atoms with Crippen LogP contribution in [-0.4, -0.2) is 39.7 Å². The molecule has 1 aliphatic rings. The summed E-state index contributed by atoms with van der Waals surface area (Å²) in [7, 11) is 0. The van der Waals surface area contributed by atoms with Gasteiger partial charge in [0.15, 0.2) is 0 Å². The molecule has 0 amide bonds. The smallest absolute Gasteiger partial charge is 0.353 e. The van der Waals surface area contributed by atoms with Gasteiger partial charge in [0.05, 0.1) is 4.92 Å². The van der Waals surface area contributed by atoms with Crippen LogP contribution in [-0.2, 0) is 0 Å². The third-order valence-corrected chi connectivity index (χ3v) is 2.86. The average molecular weight is 239 g/mol. The maximum absolute atomic E-state index is 10.9. The lowest BCUT2D eigenvalue weighted by Gasteiger charge is -2.16. The van der Waals surface area contributed by atoms with Gasteiger partial charge in [-0.25, -0.2) is 9.97 Å². The van der Waals surface area contributed by atoms with Gasteiger partial charge in [0.25, 0.3) is 0 Å². The summed E-state index contributed by atoms with van der Waals surface area (Å²) >= 11 is 0. The van der Waals surface area contributed by atoms with E-state index in [9.17, 15) is 10.1 Å². The van der Waals surface area contributed by atoms with Crippen molar-refractivity contribution >= 4 is 17.3 Å². The molecule has 0 aliphatic carbocycles. The standard InChI is InChI=1S/C9H13N5O3/c10-8-7(14(16)17)9(12-5-11-8)13-2-1-6(3-13)4-15/h5-6,15H,1-4H2,(H2,10,11,12). The Morgan fingerprint density at radius 3 is 3.00 bits per heavy atom. The number of rotatable bonds is 3. The highest BCUT2D eigenvalue weighted by molar-refractivity contribution is 5.68. The molecule has 0 spiro atoms. The fraction of sp³-hybridized carbons (Fsp3) is 0.556. The second kappa shape index (κ2) is 4.50. The summed E-state index contributed by atoms with van der Waals surface area (Å²) in [4.78, 5) is 19.7. The molecule has 1 aromatic rings. The van der Waals surface area contributed by atoms with Crippen LogP contribution in [0.2, 0.25) is 0 Å². The van der Waals surface area contributed by atoms with Crippen molar-refractivity contribution in [1.82, 2.24) is 9.97 Å². The van der Waals surface area contributed by atoms with Gasteiger partial charge in [-0.3, -0.25) is 10.1 Å². The molecule has 0 bridgehead atoms. The Morgan fingerprint density at radius 1 is 1.65 bits per heavy atom. The zero-order valence-corrected chi connectivity index (χ0v) is 9.11. The summed E-state index contributed by atoms with van der Waals surface area (Å²) < 4.78 is 0.